The number of halogens is 2. The number of nitrogens with zero attached hydrogens (tertiary/aromatic N) is 1. The first-order valence-corrected chi connectivity index (χ1v) is 8.42. The fourth-order valence-electron chi connectivity index (χ4n) is 2.38. The summed E-state index contributed by atoms with van der Waals surface area (Å²) >= 11 is 7.50. The molecule has 0 atom stereocenters. The summed E-state index contributed by atoms with van der Waals surface area (Å²) < 4.78 is 8.90. The number of ketones is 1. The third-order valence-electron chi connectivity index (χ3n) is 3.43. The van der Waals surface area contributed by atoms with Crippen LogP contribution in [-0.2, 0) is 9.53 Å². The predicted molar refractivity (Wildman–Crippen MR) is 92.0 cm³/mol. The van der Waals surface area contributed by atoms with Gasteiger partial charge >= 0.3 is 6.09 Å². The molecule has 1 saturated carbocycles. The number of hydrogen-bond acceptors (Lipinski definition) is 4. The summed E-state index contributed by atoms with van der Waals surface area (Å²) in [5.74, 6) is 0.287. The van der Waals surface area contributed by atoms with E-state index in [2.05, 4.69) is 8.52 Å². The third-order valence-corrected chi connectivity index (χ3v) is 4.47. The Morgan fingerprint density at radius 3 is 2.33 bits per heavy atom. The summed E-state index contributed by atoms with van der Waals surface area (Å²) in [5, 5.41) is 2.86. The topological polar surface area (TPSA) is 67.8 Å². The monoisotopic (exact) mass is 428 g/mol. The van der Waals surface area contributed by atoms with Gasteiger partial charge in [0.05, 0.1) is 22.9 Å². The average molecular weight is 429 g/mol. The van der Waals surface area contributed by atoms with Crippen molar-refractivity contribution >= 4 is 51.5 Å². The standard InChI is InChI=1S/C14H22ClIN2O3/c1-14(2,3)21-13(20)17-8-9-4-6-10(7-5-9)11(19)12(15)18-16/h9-10H,4-8H2,1-3H3,(H,17,20). The van der Waals surface area contributed by atoms with Crippen molar-refractivity contribution in [3.8, 4) is 0 Å². The number of nitrogens with one attached hydrogen (secondary N) is 1. The zero-order valence-electron chi connectivity index (χ0n) is 12.6. The number of amides is 1. The molecule has 120 valence electrons. The van der Waals surface area contributed by atoms with Crippen molar-refractivity contribution in [2.45, 2.75) is 52.1 Å². The lowest BCUT2D eigenvalue weighted by atomic mass is 9.80. The molecule has 1 aliphatic carbocycles. The zero-order chi connectivity index (χ0) is 16.0. The summed E-state index contributed by atoms with van der Waals surface area (Å²) in [7, 11) is 0. The van der Waals surface area contributed by atoms with Crippen molar-refractivity contribution in [2.75, 3.05) is 6.54 Å². The van der Waals surface area contributed by atoms with Gasteiger partial charge in [0, 0.05) is 12.5 Å². The molecule has 0 aromatic rings. The van der Waals surface area contributed by atoms with E-state index in [1.165, 1.54) is 0 Å². The zero-order valence-corrected chi connectivity index (χ0v) is 15.5. The summed E-state index contributed by atoms with van der Waals surface area (Å²) in [5.41, 5.74) is -0.482. The largest absolute Gasteiger partial charge is 0.444 e. The molecule has 0 aromatic carbocycles. The molecular formula is C14H22ClIN2O3. The second-order valence-electron chi connectivity index (χ2n) is 6.34. The van der Waals surface area contributed by atoms with Crippen LogP contribution in [0.4, 0.5) is 4.79 Å². The van der Waals surface area contributed by atoms with Gasteiger partial charge in [-0.3, -0.25) is 4.79 Å². The lowest BCUT2D eigenvalue weighted by Gasteiger charge is -2.28. The van der Waals surface area contributed by atoms with Crippen molar-refractivity contribution in [2.24, 2.45) is 15.0 Å². The van der Waals surface area contributed by atoms with Gasteiger partial charge in [-0.2, -0.15) is 3.21 Å². The Morgan fingerprint density at radius 1 is 1.29 bits per heavy atom. The van der Waals surface area contributed by atoms with Crippen LogP contribution in [0.1, 0.15) is 46.5 Å². The molecule has 7 heteroatoms. The molecule has 0 radical (unpaired) electrons. The van der Waals surface area contributed by atoms with Crippen molar-refractivity contribution in [1.29, 1.82) is 0 Å². The van der Waals surface area contributed by atoms with Crippen LogP contribution >= 0.6 is 34.5 Å². The molecule has 0 saturated heterocycles. The number of ether oxygens (including phenoxy) is 1. The first kappa shape index (κ1) is 18.7. The minimum absolute atomic E-state index is 0.0335. The van der Waals surface area contributed by atoms with Crippen LogP contribution in [0.3, 0.4) is 0 Å². The number of rotatable bonds is 4. The van der Waals surface area contributed by atoms with Gasteiger partial charge < -0.3 is 10.1 Å². The maximum atomic E-state index is 11.9. The normalized spacial score (nSPS) is 23.6. The molecule has 1 amide bonds. The van der Waals surface area contributed by atoms with Gasteiger partial charge in [0.1, 0.15) is 5.60 Å². The molecule has 1 aliphatic rings. The van der Waals surface area contributed by atoms with Crippen LogP contribution in [0.2, 0.25) is 0 Å². The summed E-state index contributed by atoms with van der Waals surface area (Å²) in [6, 6.07) is 0. The molecule has 0 bridgehead atoms. The van der Waals surface area contributed by atoms with Gasteiger partial charge in [0.25, 0.3) is 0 Å². The van der Waals surface area contributed by atoms with E-state index >= 15 is 0 Å². The van der Waals surface area contributed by atoms with E-state index < -0.39 is 5.60 Å². The minimum Gasteiger partial charge on any atom is -0.444 e. The summed E-state index contributed by atoms with van der Waals surface area (Å²) in [6.07, 6.45) is 3.00. The highest BCUT2D eigenvalue weighted by Gasteiger charge is 2.28. The van der Waals surface area contributed by atoms with E-state index in [-0.39, 0.29) is 23.0 Å². The quantitative estimate of drug-likeness (QED) is 0.546. The fraction of sp³-hybridized carbons (Fsp3) is 0.786. The highest BCUT2D eigenvalue weighted by molar-refractivity contribution is 14.1. The van der Waals surface area contributed by atoms with Crippen molar-refractivity contribution < 1.29 is 14.3 Å². The first-order chi connectivity index (χ1) is 9.73. The maximum Gasteiger partial charge on any atom is 0.407 e. The Kier molecular flexibility index (Phi) is 7.39. The predicted octanol–water partition coefficient (Wildman–Crippen LogP) is 3.87. The molecule has 1 fully saturated rings. The molecule has 0 aliphatic heterocycles. The number of carbonyl (C=O) groups is 2. The summed E-state index contributed by atoms with van der Waals surface area (Å²) in [6.45, 7) is 6.09. The number of alkyl carbamates (subject to hydrolysis) is 1. The van der Waals surface area contributed by atoms with Gasteiger partial charge in [-0.05, 0) is 52.4 Å². The molecule has 21 heavy (non-hydrogen) atoms. The van der Waals surface area contributed by atoms with Gasteiger partial charge in [0.2, 0.25) is 0 Å². The smallest absolute Gasteiger partial charge is 0.407 e. The second-order valence-corrected chi connectivity index (χ2v) is 7.18. The molecule has 0 aromatic heterocycles. The fourth-order valence-corrected chi connectivity index (χ4v) is 2.77. The lowest BCUT2D eigenvalue weighted by molar-refractivity contribution is -0.117. The SMILES string of the molecule is CC(C)(C)OC(=O)NCC1CCC(C(=O)C(Cl)=NI)CC1. The lowest BCUT2D eigenvalue weighted by Crippen LogP contribution is -2.36. The van der Waals surface area contributed by atoms with Crippen LogP contribution in [-0.4, -0.2) is 29.2 Å². The van der Waals surface area contributed by atoms with Gasteiger partial charge in [-0.1, -0.05) is 11.6 Å². The van der Waals surface area contributed by atoms with Crippen LogP contribution in [0.15, 0.2) is 3.21 Å². The molecular weight excluding hydrogens is 407 g/mol. The number of hydrogen-bond donors (Lipinski definition) is 1. The Labute approximate surface area is 144 Å². The maximum absolute atomic E-state index is 11.9. The van der Waals surface area contributed by atoms with E-state index in [0.717, 1.165) is 25.7 Å². The third kappa shape index (κ3) is 6.95. The first-order valence-electron chi connectivity index (χ1n) is 7.08. The van der Waals surface area contributed by atoms with Crippen LogP contribution in [0.25, 0.3) is 0 Å². The molecule has 0 unspecified atom stereocenters. The molecule has 0 heterocycles. The van der Waals surface area contributed by atoms with Crippen LogP contribution in [0, 0.1) is 11.8 Å². The average Bonchev–Trinajstić information content (AvgIpc) is 2.42. The Bertz CT molecular complexity index is 413. The Balaban J connectivity index is 2.31. The van der Waals surface area contributed by atoms with E-state index in [9.17, 15) is 9.59 Å². The second kappa shape index (κ2) is 8.31. The van der Waals surface area contributed by atoms with Gasteiger partial charge in [-0.15, -0.1) is 0 Å². The van der Waals surface area contributed by atoms with E-state index in [1.807, 2.05) is 20.8 Å². The highest BCUT2D eigenvalue weighted by atomic mass is 127. The molecule has 1 N–H and O–H groups in total. The van der Waals surface area contributed by atoms with Crippen molar-refractivity contribution in [1.82, 2.24) is 5.32 Å². The Morgan fingerprint density at radius 2 is 1.86 bits per heavy atom. The summed E-state index contributed by atoms with van der Waals surface area (Å²) in [4.78, 5) is 23.5. The highest BCUT2D eigenvalue weighted by Crippen LogP contribution is 2.29. The minimum atomic E-state index is -0.482. The van der Waals surface area contributed by atoms with E-state index in [1.54, 1.807) is 22.9 Å². The molecule has 1 rings (SSSR count). The van der Waals surface area contributed by atoms with Crippen LogP contribution < -0.4 is 5.32 Å². The van der Waals surface area contributed by atoms with Gasteiger partial charge in [-0.25, -0.2) is 4.79 Å². The number of carbonyl (C=O) groups excluding carboxylic acids is 2. The molecule has 5 nitrogen and oxygen atoms in total. The molecule has 0 spiro atoms. The van der Waals surface area contributed by atoms with E-state index in [0.29, 0.717) is 12.5 Å². The van der Waals surface area contributed by atoms with E-state index in [4.69, 9.17) is 16.3 Å². The number of Topliss-reactive ketones (excluding diaryl/α,β-unsaturated/α-hetero) is 1. The Hall–Kier alpha value is -0.370. The van der Waals surface area contributed by atoms with Crippen molar-refractivity contribution in [3.63, 3.8) is 0 Å². The van der Waals surface area contributed by atoms with Gasteiger partial charge in [0.15, 0.2) is 11.0 Å². The van der Waals surface area contributed by atoms with Crippen LogP contribution in [0.5, 0.6) is 0 Å². The van der Waals surface area contributed by atoms with Crippen molar-refractivity contribution in [3.05, 3.63) is 0 Å².